The van der Waals surface area contributed by atoms with Crippen molar-refractivity contribution in [3.8, 4) is 5.75 Å². The standard InChI is InChI=1S/C20H22FN3O4/c1-12(2)17(22-18(25)13-4-8-15(21)9-5-13)20(27)24-23-19(26)14-6-10-16(28-3)11-7-14/h4-12,17H,1-3H3,(H,22,25)(H,23,26)(H,24,27)/t17-/m0/s1. The lowest BCUT2D eigenvalue weighted by molar-refractivity contribution is -0.124. The zero-order valence-corrected chi connectivity index (χ0v) is 15.8. The summed E-state index contributed by atoms with van der Waals surface area (Å²) >= 11 is 0. The van der Waals surface area contributed by atoms with Gasteiger partial charge in [0.1, 0.15) is 17.6 Å². The molecule has 1 atom stereocenters. The number of methoxy groups -OCH3 is 1. The molecule has 2 aromatic rings. The van der Waals surface area contributed by atoms with E-state index in [1.165, 1.54) is 19.2 Å². The number of halogens is 1. The smallest absolute Gasteiger partial charge is 0.269 e. The maximum Gasteiger partial charge on any atom is 0.269 e. The normalized spacial score (nSPS) is 11.5. The predicted octanol–water partition coefficient (Wildman–Crippen LogP) is 2.05. The molecule has 0 spiro atoms. The summed E-state index contributed by atoms with van der Waals surface area (Å²) in [4.78, 5) is 36.8. The highest BCUT2D eigenvalue weighted by molar-refractivity contribution is 5.99. The van der Waals surface area contributed by atoms with Crippen LogP contribution in [0, 0.1) is 11.7 Å². The van der Waals surface area contributed by atoms with E-state index in [1.807, 2.05) is 0 Å². The molecule has 0 radical (unpaired) electrons. The third-order valence-corrected chi connectivity index (χ3v) is 3.99. The average molecular weight is 387 g/mol. The van der Waals surface area contributed by atoms with Gasteiger partial charge in [-0.15, -0.1) is 0 Å². The molecule has 0 saturated carbocycles. The van der Waals surface area contributed by atoms with Gasteiger partial charge in [-0.25, -0.2) is 4.39 Å². The van der Waals surface area contributed by atoms with Crippen LogP contribution in [0.2, 0.25) is 0 Å². The predicted molar refractivity (Wildman–Crippen MR) is 101 cm³/mol. The molecule has 148 valence electrons. The number of hydrazine groups is 1. The van der Waals surface area contributed by atoms with Gasteiger partial charge in [-0.1, -0.05) is 13.8 Å². The van der Waals surface area contributed by atoms with Crippen molar-refractivity contribution in [1.82, 2.24) is 16.2 Å². The Kier molecular flexibility index (Phi) is 7.08. The largest absolute Gasteiger partial charge is 0.497 e. The number of benzene rings is 2. The summed E-state index contributed by atoms with van der Waals surface area (Å²) < 4.78 is 18.0. The third-order valence-electron chi connectivity index (χ3n) is 3.99. The summed E-state index contributed by atoms with van der Waals surface area (Å²) in [6.07, 6.45) is 0. The van der Waals surface area contributed by atoms with Crippen molar-refractivity contribution in [3.63, 3.8) is 0 Å². The lowest BCUT2D eigenvalue weighted by Crippen LogP contribution is -2.54. The van der Waals surface area contributed by atoms with Crippen molar-refractivity contribution in [2.75, 3.05) is 7.11 Å². The van der Waals surface area contributed by atoms with Crippen LogP contribution in [-0.2, 0) is 4.79 Å². The molecule has 0 aliphatic rings. The van der Waals surface area contributed by atoms with Crippen LogP contribution in [0.3, 0.4) is 0 Å². The SMILES string of the molecule is COc1ccc(C(=O)NNC(=O)[C@@H](NC(=O)c2ccc(F)cc2)C(C)C)cc1. The Hall–Kier alpha value is -3.42. The van der Waals surface area contributed by atoms with Crippen LogP contribution in [0.4, 0.5) is 4.39 Å². The summed E-state index contributed by atoms with van der Waals surface area (Å²) in [5.41, 5.74) is 5.18. The topological polar surface area (TPSA) is 96.5 Å². The van der Waals surface area contributed by atoms with Gasteiger partial charge in [0.15, 0.2) is 0 Å². The number of ether oxygens (including phenoxy) is 1. The van der Waals surface area contributed by atoms with Crippen molar-refractivity contribution >= 4 is 17.7 Å². The molecule has 2 rings (SSSR count). The Morgan fingerprint density at radius 3 is 1.93 bits per heavy atom. The molecular formula is C20H22FN3O4. The van der Waals surface area contributed by atoms with Gasteiger partial charge < -0.3 is 10.1 Å². The van der Waals surface area contributed by atoms with Crippen LogP contribution in [-0.4, -0.2) is 30.9 Å². The minimum absolute atomic E-state index is 0.224. The van der Waals surface area contributed by atoms with Crippen LogP contribution in [0.5, 0.6) is 5.75 Å². The first-order valence-electron chi connectivity index (χ1n) is 8.62. The van der Waals surface area contributed by atoms with Crippen LogP contribution in [0.1, 0.15) is 34.6 Å². The highest BCUT2D eigenvalue weighted by Gasteiger charge is 2.25. The highest BCUT2D eigenvalue weighted by Crippen LogP contribution is 2.11. The van der Waals surface area contributed by atoms with E-state index in [2.05, 4.69) is 16.2 Å². The van der Waals surface area contributed by atoms with Crippen molar-refractivity contribution in [2.45, 2.75) is 19.9 Å². The van der Waals surface area contributed by atoms with E-state index in [0.29, 0.717) is 11.3 Å². The molecule has 0 aromatic heterocycles. The molecule has 2 aromatic carbocycles. The van der Waals surface area contributed by atoms with E-state index >= 15 is 0 Å². The Morgan fingerprint density at radius 1 is 0.857 bits per heavy atom. The van der Waals surface area contributed by atoms with Gasteiger partial charge in [0.25, 0.3) is 17.7 Å². The van der Waals surface area contributed by atoms with Gasteiger partial charge in [-0.3, -0.25) is 25.2 Å². The molecule has 7 nitrogen and oxygen atoms in total. The van der Waals surface area contributed by atoms with E-state index < -0.39 is 29.6 Å². The molecule has 0 heterocycles. The van der Waals surface area contributed by atoms with E-state index in [0.717, 1.165) is 12.1 Å². The first-order chi connectivity index (χ1) is 13.3. The third kappa shape index (κ3) is 5.54. The fourth-order valence-corrected chi connectivity index (χ4v) is 2.37. The maximum absolute atomic E-state index is 13.0. The zero-order chi connectivity index (χ0) is 20.7. The fraction of sp³-hybridized carbons (Fsp3) is 0.250. The van der Waals surface area contributed by atoms with Gasteiger partial charge >= 0.3 is 0 Å². The zero-order valence-electron chi connectivity index (χ0n) is 15.8. The quantitative estimate of drug-likeness (QED) is 0.661. The number of carbonyl (C=O) groups is 3. The number of amides is 3. The van der Waals surface area contributed by atoms with Crippen LogP contribution < -0.4 is 20.9 Å². The Labute approximate surface area is 162 Å². The lowest BCUT2D eigenvalue weighted by Gasteiger charge is -2.22. The second kappa shape index (κ2) is 9.50. The van der Waals surface area contributed by atoms with Crippen molar-refractivity contribution in [3.05, 3.63) is 65.5 Å². The fourth-order valence-electron chi connectivity index (χ4n) is 2.37. The first kappa shape index (κ1) is 20.9. The number of rotatable bonds is 6. The maximum atomic E-state index is 13.0. The minimum Gasteiger partial charge on any atom is -0.497 e. The molecule has 0 aliphatic carbocycles. The number of hydrogen-bond donors (Lipinski definition) is 3. The molecule has 28 heavy (non-hydrogen) atoms. The van der Waals surface area contributed by atoms with E-state index in [-0.39, 0.29) is 11.5 Å². The van der Waals surface area contributed by atoms with Gasteiger partial charge in [-0.2, -0.15) is 0 Å². The van der Waals surface area contributed by atoms with E-state index in [9.17, 15) is 18.8 Å². The molecule has 0 unspecified atom stereocenters. The van der Waals surface area contributed by atoms with Crippen molar-refractivity contribution in [1.29, 1.82) is 0 Å². The van der Waals surface area contributed by atoms with Crippen molar-refractivity contribution in [2.24, 2.45) is 5.92 Å². The lowest BCUT2D eigenvalue weighted by atomic mass is 10.0. The van der Waals surface area contributed by atoms with Crippen LogP contribution in [0.15, 0.2) is 48.5 Å². The summed E-state index contributed by atoms with van der Waals surface area (Å²) in [5.74, 6) is -1.71. The summed E-state index contributed by atoms with van der Waals surface area (Å²) in [6.45, 7) is 3.50. The molecule has 8 heteroatoms. The average Bonchev–Trinajstić information content (AvgIpc) is 2.70. The Bertz CT molecular complexity index is 836. The first-order valence-corrected chi connectivity index (χ1v) is 8.62. The van der Waals surface area contributed by atoms with Gasteiger partial charge in [0, 0.05) is 11.1 Å². The summed E-state index contributed by atoms with van der Waals surface area (Å²) in [7, 11) is 1.52. The monoisotopic (exact) mass is 387 g/mol. The summed E-state index contributed by atoms with van der Waals surface area (Å²) in [6, 6.07) is 10.4. The Balaban J connectivity index is 1.97. The number of carbonyl (C=O) groups excluding carboxylic acids is 3. The number of nitrogens with one attached hydrogen (secondary N) is 3. The van der Waals surface area contributed by atoms with Crippen molar-refractivity contribution < 1.29 is 23.5 Å². The Morgan fingerprint density at radius 2 is 1.39 bits per heavy atom. The molecule has 0 bridgehead atoms. The summed E-state index contributed by atoms with van der Waals surface area (Å²) in [5, 5.41) is 2.59. The molecule has 3 amide bonds. The molecule has 0 fully saturated rings. The molecular weight excluding hydrogens is 365 g/mol. The van der Waals surface area contributed by atoms with Crippen LogP contribution in [0.25, 0.3) is 0 Å². The van der Waals surface area contributed by atoms with E-state index in [4.69, 9.17) is 4.74 Å². The van der Waals surface area contributed by atoms with Gasteiger partial charge in [0.05, 0.1) is 7.11 Å². The van der Waals surface area contributed by atoms with Gasteiger partial charge in [0.2, 0.25) is 0 Å². The molecule has 0 aliphatic heterocycles. The second-order valence-electron chi connectivity index (χ2n) is 6.37. The van der Waals surface area contributed by atoms with Gasteiger partial charge in [-0.05, 0) is 54.4 Å². The second-order valence-corrected chi connectivity index (χ2v) is 6.37. The minimum atomic E-state index is -0.895. The van der Waals surface area contributed by atoms with Crippen LogP contribution >= 0.6 is 0 Å². The van der Waals surface area contributed by atoms with E-state index in [1.54, 1.807) is 38.1 Å². The molecule has 0 saturated heterocycles. The number of hydrogen-bond acceptors (Lipinski definition) is 4. The molecule has 3 N–H and O–H groups in total. The highest BCUT2D eigenvalue weighted by atomic mass is 19.1.